The summed E-state index contributed by atoms with van der Waals surface area (Å²) < 4.78 is 7.18. The van der Waals surface area contributed by atoms with Crippen molar-refractivity contribution in [2.45, 2.75) is 58.2 Å². The average Bonchev–Trinajstić information content (AvgIpc) is 2.27. The first-order chi connectivity index (χ1) is 7.09. The predicted octanol–water partition coefficient (Wildman–Crippen LogP) is 2.89. The summed E-state index contributed by atoms with van der Waals surface area (Å²) in [7, 11) is 0. The fourth-order valence-electron chi connectivity index (χ4n) is 2.11. The number of rotatable bonds is 2. The first-order valence-electron chi connectivity index (χ1n) is 5.41. The number of ether oxygens (including phenoxy) is 1. The molecule has 0 bridgehead atoms. The van der Waals surface area contributed by atoms with Crippen LogP contribution in [-0.4, -0.2) is 27.6 Å². The van der Waals surface area contributed by atoms with Crippen LogP contribution in [-0.2, 0) is 9.53 Å². The van der Waals surface area contributed by atoms with E-state index in [1.54, 1.807) is 11.3 Å². The monoisotopic (exact) mass is 245 g/mol. The standard InChI is InChI=1S/C12H20ClNO2/c1-8(2)10(15)16-9-7-11(3,4)14(13)12(9,5)6/h9H,1,7H2,2-6H3. The van der Waals surface area contributed by atoms with Crippen LogP contribution in [0.2, 0.25) is 0 Å². The van der Waals surface area contributed by atoms with E-state index in [4.69, 9.17) is 16.5 Å². The van der Waals surface area contributed by atoms with Gasteiger partial charge in [0.15, 0.2) is 0 Å². The zero-order valence-corrected chi connectivity index (χ0v) is 11.4. The summed E-state index contributed by atoms with van der Waals surface area (Å²) >= 11 is 6.27. The number of carbonyl (C=O) groups excluding carboxylic acids is 1. The lowest BCUT2D eigenvalue weighted by Gasteiger charge is -2.34. The Morgan fingerprint density at radius 2 is 1.94 bits per heavy atom. The molecule has 0 amide bonds. The van der Waals surface area contributed by atoms with E-state index in [0.717, 1.165) is 6.42 Å². The summed E-state index contributed by atoms with van der Waals surface area (Å²) in [6.07, 6.45) is 0.520. The Labute approximate surface area is 103 Å². The second-order valence-electron chi connectivity index (χ2n) is 5.63. The van der Waals surface area contributed by atoms with E-state index in [9.17, 15) is 4.79 Å². The zero-order valence-electron chi connectivity index (χ0n) is 10.6. The van der Waals surface area contributed by atoms with Crippen molar-refractivity contribution in [1.29, 1.82) is 0 Å². The number of hydrogen-bond donors (Lipinski definition) is 0. The molecule has 1 aliphatic heterocycles. The van der Waals surface area contributed by atoms with Crippen LogP contribution >= 0.6 is 11.8 Å². The van der Waals surface area contributed by atoms with E-state index in [1.807, 2.05) is 27.7 Å². The highest BCUT2D eigenvalue weighted by molar-refractivity contribution is 6.14. The van der Waals surface area contributed by atoms with E-state index in [2.05, 4.69) is 6.58 Å². The summed E-state index contributed by atoms with van der Waals surface area (Å²) in [5, 5.41) is 0. The van der Waals surface area contributed by atoms with Gasteiger partial charge in [-0.05, 0) is 46.4 Å². The summed E-state index contributed by atoms with van der Waals surface area (Å²) in [5.41, 5.74) is -0.122. The minimum atomic E-state index is -0.365. The average molecular weight is 246 g/mol. The van der Waals surface area contributed by atoms with Crippen molar-refractivity contribution < 1.29 is 9.53 Å². The highest BCUT2D eigenvalue weighted by Gasteiger charge is 2.53. The Balaban J connectivity index is 2.84. The summed E-state index contributed by atoms with van der Waals surface area (Å²) in [5.74, 6) is -0.346. The molecule has 1 rings (SSSR count). The SMILES string of the molecule is C=C(C)C(=O)OC1CC(C)(C)N(Cl)C1(C)C. The molecule has 0 aromatic carbocycles. The molecule has 1 aliphatic rings. The van der Waals surface area contributed by atoms with Gasteiger partial charge in [0.05, 0.1) is 5.54 Å². The second kappa shape index (κ2) is 4.04. The van der Waals surface area contributed by atoms with E-state index in [0.29, 0.717) is 5.57 Å². The Morgan fingerprint density at radius 3 is 2.25 bits per heavy atom. The number of esters is 1. The first-order valence-corrected chi connectivity index (χ1v) is 5.75. The fourth-order valence-corrected chi connectivity index (χ4v) is 2.28. The normalized spacial score (nSPS) is 27.8. The van der Waals surface area contributed by atoms with E-state index in [1.165, 1.54) is 0 Å². The van der Waals surface area contributed by atoms with Gasteiger partial charge in [-0.2, -0.15) is 0 Å². The van der Waals surface area contributed by atoms with Gasteiger partial charge in [-0.15, -0.1) is 0 Å². The smallest absolute Gasteiger partial charge is 0.333 e. The van der Waals surface area contributed by atoms with Crippen molar-refractivity contribution >= 4 is 17.7 Å². The van der Waals surface area contributed by atoms with Crippen LogP contribution in [0.1, 0.15) is 41.0 Å². The summed E-state index contributed by atoms with van der Waals surface area (Å²) in [6.45, 7) is 13.3. The van der Waals surface area contributed by atoms with Gasteiger partial charge in [0, 0.05) is 17.5 Å². The van der Waals surface area contributed by atoms with Gasteiger partial charge < -0.3 is 4.74 Å². The number of halogens is 1. The quantitative estimate of drug-likeness (QED) is 0.426. The molecule has 92 valence electrons. The molecule has 0 aromatic rings. The lowest BCUT2D eigenvalue weighted by molar-refractivity contribution is -0.147. The van der Waals surface area contributed by atoms with Gasteiger partial charge >= 0.3 is 5.97 Å². The van der Waals surface area contributed by atoms with Crippen molar-refractivity contribution in [3.63, 3.8) is 0 Å². The van der Waals surface area contributed by atoms with Crippen molar-refractivity contribution in [1.82, 2.24) is 4.42 Å². The molecule has 1 unspecified atom stereocenters. The van der Waals surface area contributed by atoms with Crippen LogP contribution in [0.5, 0.6) is 0 Å². The second-order valence-corrected chi connectivity index (χ2v) is 5.96. The highest BCUT2D eigenvalue weighted by atomic mass is 35.5. The maximum Gasteiger partial charge on any atom is 0.333 e. The maximum absolute atomic E-state index is 11.5. The van der Waals surface area contributed by atoms with Crippen LogP contribution in [0.4, 0.5) is 0 Å². The molecule has 4 heteroatoms. The third-order valence-corrected chi connectivity index (χ3v) is 4.00. The Hall–Kier alpha value is -0.540. The maximum atomic E-state index is 11.5. The lowest BCUT2D eigenvalue weighted by Crippen LogP contribution is -2.45. The molecule has 0 radical (unpaired) electrons. The van der Waals surface area contributed by atoms with Crippen LogP contribution in [0.3, 0.4) is 0 Å². The van der Waals surface area contributed by atoms with Gasteiger partial charge in [0.25, 0.3) is 0 Å². The molecule has 1 atom stereocenters. The largest absolute Gasteiger partial charge is 0.457 e. The topological polar surface area (TPSA) is 29.5 Å². The highest BCUT2D eigenvalue weighted by Crippen LogP contribution is 2.43. The summed E-state index contributed by atoms with van der Waals surface area (Å²) in [4.78, 5) is 11.5. The third kappa shape index (κ3) is 2.25. The van der Waals surface area contributed by atoms with Gasteiger partial charge in [-0.3, -0.25) is 0 Å². The molecule has 0 N–H and O–H groups in total. The Morgan fingerprint density at radius 1 is 1.44 bits per heavy atom. The van der Waals surface area contributed by atoms with E-state index in [-0.39, 0.29) is 23.2 Å². The fraction of sp³-hybridized carbons (Fsp3) is 0.750. The van der Waals surface area contributed by atoms with Crippen molar-refractivity contribution in [3.05, 3.63) is 12.2 Å². The molecular formula is C12H20ClNO2. The Bertz CT molecular complexity index is 323. The molecule has 0 aromatic heterocycles. The van der Waals surface area contributed by atoms with Crippen LogP contribution in [0.15, 0.2) is 12.2 Å². The zero-order chi connectivity index (χ0) is 12.7. The first kappa shape index (κ1) is 13.5. The molecule has 1 heterocycles. The Kier molecular flexibility index (Phi) is 3.42. The molecule has 16 heavy (non-hydrogen) atoms. The van der Waals surface area contributed by atoms with Crippen LogP contribution in [0, 0.1) is 0 Å². The minimum absolute atomic E-state index is 0.176. The molecule has 3 nitrogen and oxygen atoms in total. The lowest BCUT2D eigenvalue weighted by atomic mass is 9.97. The van der Waals surface area contributed by atoms with Crippen LogP contribution in [0.25, 0.3) is 0 Å². The predicted molar refractivity (Wildman–Crippen MR) is 65.2 cm³/mol. The number of hydrogen-bond acceptors (Lipinski definition) is 3. The number of nitrogens with zero attached hydrogens (tertiary/aromatic N) is 1. The number of carbonyl (C=O) groups is 1. The van der Waals surface area contributed by atoms with Crippen molar-refractivity contribution in [3.8, 4) is 0 Å². The third-order valence-electron chi connectivity index (χ3n) is 3.11. The van der Waals surface area contributed by atoms with Gasteiger partial charge in [-0.1, -0.05) is 6.58 Å². The molecule has 1 fully saturated rings. The van der Waals surface area contributed by atoms with Gasteiger partial charge in [-0.25, -0.2) is 9.21 Å². The van der Waals surface area contributed by atoms with Gasteiger partial charge in [0.1, 0.15) is 6.10 Å². The molecule has 1 saturated heterocycles. The van der Waals surface area contributed by atoms with Gasteiger partial charge in [0.2, 0.25) is 0 Å². The molecule has 0 aliphatic carbocycles. The van der Waals surface area contributed by atoms with Crippen molar-refractivity contribution in [2.75, 3.05) is 0 Å². The summed E-state index contributed by atoms with van der Waals surface area (Å²) in [6, 6.07) is 0. The van der Waals surface area contributed by atoms with Crippen LogP contribution < -0.4 is 0 Å². The van der Waals surface area contributed by atoms with E-state index < -0.39 is 0 Å². The van der Waals surface area contributed by atoms with Crippen molar-refractivity contribution in [2.24, 2.45) is 0 Å². The molecular weight excluding hydrogens is 226 g/mol. The van der Waals surface area contributed by atoms with E-state index >= 15 is 0 Å². The molecule has 0 spiro atoms. The molecule has 0 saturated carbocycles. The minimum Gasteiger partial charge on any atom is -0.457 e.